The van der Waals surface area contributed by atoms with Gasteiger partial charge in [0.25, 0.3) is 0 Å². The number of ether oxygens (including phenoxy) is 1. The van der Waals surface area contributed by atoms with E-state index >= 15 is 0 Å². The predicted molar refractivity (Wildman–Crippen MR) is 35.1 cm³/mol. The second kappa shape index (κ2) is 2.64. The van der Waals surface area contributed by atoms with Crippen LogP contribution in [0.4, 0.5) is 0 Å². The molecule has 7 heavy (non-hydrogen) atoms. The van der Waals surface area contributed by atoms with Gasteiger partial charge in [0, 0.05) is 7.11 Å². The Morgan fingerprint density at radius 2 is 2.00 bits per heavy atom. The van der Waals surface area contributed by atoms with Crippen molar-refractivity contribution in [1.29, 1.82) is 0 Å². The molecular weight excluding hydrogens is 128 g/mol. The Balaban J connectivity index is 2.22. The summed E-state index contributed by atoms with van der Waals surface area (Å²) in [5, 5.41) is 4.08. The summed E-state index contributed by atoms with van der Waals surface area (Å²) in [7, 11) is 1.72. The zero-order chi connectivity index (χ0) is 5.11. The molecule has 0 bridgehead atoms. The first kappa shape index (κ1) is 5.54. The lowest BCUT2D eigenvalue weighted by Crippen LogP contribution is -1.91. The summed E-state index contributed by atoms with van der Waals surface area (Å²) in [5.41, 5.74) is 0. The molecule has 3 heteroatoms. The highest BCUT2D eigenvalue weighted by Crippen LogP contribution is 2.32. The van der Waals surface area contributed by atoms with Gasteiger partial charge in [0.1, 0.15) is 0 Å². The van der Waals surface area contributed by atoms with E-state index in [-0.39, 0.29) is 0 Å². The van der Waals surface area contributed by atoms with Crippen molar-refractivity contribution in [2.75, 3.05) is 7.11 Å². The molecule has 1 aliphatic heterocycles. The molecule has 0 radical (unpaired) electrons. The van der Waals surface area contributed by atoms with E-state index < -0.39 is 0 Å². The van der Waals surface area contributed by atoms with Crippen LogP contribution in [0.15, 0.2) is 10.8 Å². The first-order chi connectivity index (χ1) is 3.43. The molecule has 0 aromatic heterocycles. The predicted octanol–water partition coefficient (Wildman–Crippen LogP) is 1.87. The molecule has 0 saturated heterocycles. The molecule has 1 aliphatic rings. The molecule has 0 atom stereocenters. The highest BCUT2D eigenvalue weighted by molar-refractivity contribution is 8.22. The third kappa shape index (κ3) is 1.40. The van der Waals surface area contributed by atoms with E-state index in [0.29, 0.717) is 4.77 Å². The van der Waals surface area contributed by atoms with Crippen molar-refractivity contribution in [3.63, 3.8) is 0 Å². The molecule has 1 rings (SSSR count). The highest BCUT2D eigenvalue weighted by atomic mass is 32.2. The van der Waals surface area contributed by atoms with Crippen LogP contribution in [-0.4, -0.2) is 11.9 Å². The normalized spacial score (nSPS) is 21.3. The third-order valence-electron chi connectivity index (χ3n) is 0.627. The zero-order valence-electron chi connectivity index (χ0n) is 3.96. The van der Waals surface area contributed by atoms with Crippen LogP contribution >= 0.6 is 23.5 Å². The number of hydrogen-bond acceptors (Lipinski definition) is 3. The maximum absolute atomic E-state index is 4.97. The summed E-state index contributed by atoms with van der Waals surface area (Å²) < 4.78 is 5.29. The van der Waals surface area contributed by atoms with Gasteiger partial charge in [-0.05, 0) is 10.8 Å². The average molecular weight is 134 g/mol. The van der Waals surface area contributed by atoms with Gasteiger partial charge in [-0.3, -0.25) is 0 Å². The van der Waals surface area contributed by atoms with Crippen LogP contribution in [0.25, 0.3) is 0 Å². The first-order valence-electron chi connectivity index (χ1n) is 1.92. The maximum Gasteiger partial charge on any atom is 0.157 e. The molecule has 0 aromatic rings. The number of thioether (sulfide) groups is 2. The molecular formula is C4H6OS2. The van der Waals surface area contributed by atoms with E-state index in [1.165, 1.54) is 0 Å². The molecule has 40 valence electrons. The van der Waals surface area contributed by atoms with Crippen molar-refractivity contribution in [3.05, 3.63) is 10.8 Å². The van der Waals surface area contributed by atoms with Crippen LogP contribution in [0.1, 0.15) is 0 Å². The topological polar surface area (TPSA) is 9.23 Å². The Morgan fingerprint density at radius 1 is 1.43 bits per heavy atom. The summed E-state index contributed by atoms with van der Waals surface area (Å²) in [5.74, 6) is 0. The van der Waals surface area contributed by atoms with E-state index in [4.69, 9.17) is 4.74 Å². The molecule has 0 amide bonds. The van der Waals surface area contributed by atoms with Gasteiger partial charge in [-0.1, -0.05) is 23.5 Å². The lowest BCUT2D eigenvalue weighted by molar-refractivity contribution is 0.236. The largest absolute Gasteiger partial charge is 0.360 e. The van der Waals surface area contributed by atoms with E-state index in [1.807, 2.05) is 10.8 Å². The molecule has 0 fully saturated rings. The quantitative estimate of drug-likeness (QED) is 0.542. The Bertz CT molecular complexity index is 73.8. The zero-order valence-corrected chi connectivity index (χ0v) is 5.59. The van der Waals surface area contributed by atoms with E-state index in [0.717, 1.165) is 0 Å². The standard InChI is InChI=1S/C4H6OS2/c1-5-4-6-2-3-7-4/h2-4H,1H3. The first-order valence-corrected chi connectivity index (χ1v) is 3.81. The maximum atomic E-state index is 4.97. The minimum absolute atomic E-state index is 0.319. The van der Waals surface area contributed by atoms with Gasteiger partial charge in [-0.15, -0.1) is 0 Å². The van der Waals surface area contributed by atoms with Crippen molar-refractivity contribution in [2.45, 2.75) is 4.77 Å². The Kier molecular flexibility index (Phi) is 2.09. The number of rotatable bonds is 1. The molecule has 0 unspecified atom stereocenters. The van der Waals surface area contributed by atoms with Gasteiger partial charge in [0.15, 0.2) is 4.77 Å². The van der Waals surface area contributed by atoms with Gasteiger partial charge < -0.3 is 4.74 Å². The highest BCUT2D eigenvalue weighted by Gasteiger charge is 2.07. The lowest BCUT2D eigenvalue weighted by Gasteiger charge is -2.00. The van der Waals surface area contributed by atoms with Crippen molar-refractivity contribution in [3.8, 4) is 0 Å². The van der Waals surface area contributed by atoms with Gasteiger partial charge in [0.2, 0.25) is 0 Å². The van der Waals surface area contributed by atoms with Crippen molar-refractivity contribution < 1.29 is 4.74 Å². The molecule has 0 aromatic carbocycles. The van der Waals surface area contributed by atoms with Gasteiger partial charge in [0.05, 0.1) is 0 Å². The summed E-state index contributed by atoms with van der Waals surface area (Å²) in [6.07, 6.45) is 0. The summed E-state index contributed by atoms with van der Waals surface area (Å²) >= 11 is 3.41. The Hall–Kier alpha value is 0.400. The van der Waals surface area contributed by atoms with E-state index in [9.17, 15) is 0 Å². The van der Waals surface area contributed by atoms with Crippen LogP contribution in [0.2, 0.25) is 0 Å². The SMILES string of the molecule is COC1SC=CS1. The Labute approximate surface area is 51.5 Å². The Morgan fingerprint density at radius 3 is 2.29 bits per heavy atom. The smallest absolute Gasteiger partial charge is 0.157 e. The second-order valence-electron chi connectivity index (χ2n) is 1.07. The minimum Gasteiger partial charge on any atom is -0.360 e. The molecule has 1 nitrogen and oxygen atoms in total. The monoisotopic (exact) mass is 134 g/mol. The van der Waals surface area contributed by atoms with Gasteiger partial charge in [-0.2, -0.15) is 0 Å². The van der Waals surface area contributed by atoms with Crippen LogP contribution in [0.3, 0.4) is 0 Å². The van der Waals surface area contributed by atoms with E-state index in [2.05, 4.69) is 0 Å². The summed E-state index contributed by atoms with van der Waals surface area (Å²) in [4.78, 5) is 0. The molecule has 1 heterocycles. The summed E-state index contributed by atoms with van der Waals surface area (Å²) in [6, 6.07) is 0. The van der Waals surface area contributed by atoms with Crippen molar-refractivity contribution >= 4 is 23.5 Å². The molecule has 0 saturated carbocycles. The minimum atomic E-state index is 0.319. The third-order valence-corrected chi connectivity index (χ3v) is 2.88. The fourth-order valence-corrected chi connectivity index (χ4v) is 1.97. The van der Waals surface area contributed by atoms with Gasteiger partial charge >= 0.3 is 0 Å². The second-order valence-corrected chi connectivity index (χ2v) is 3.31. The van der Waals surface area contributed by atoms with Crippen molar-refractivity contribution in [1.82, 2.24) is 0 Å². The fraction of sp³-hybridized carbons (Fsp3) is 0.500. The van der Waals surface area contributed by atoms with E-state index in [1.54, 1.807) is 30.6 Å². The summed E-state index contributed by atoms with van der Waals surface area (Å²) in [6.45, 7) is 0. The number of methoxy groups -OCH3 is 1. The van der Waals surface area contributed by atoms with Gasteiger partial charge in [-0.25, -0.2) is 0 Å². The van der Waals surface area contributed by atoms with Crippen LogP contribution in [0.5, 0.6) is 0 Å². The number of hydrogen-bond donors (Lipinski definition) is 0. The lowest BCUT2D eigenvalue weighted by atomic mass is 11.3. The van der Waals surface area contributed by atoms with Crippen LogP contribution in [0, 0.1) is 0 Å². The molecule has 0 spiro atoms. The van der Waals surface area contributed by atoms with Crippen LogP contribution < -0.4 is 0 Å². The van der Waals surface area contributed by atoms with Crippen LogP contribution in [-0.2, 0) is 4.74 Å². The van der Waals surface area contributed by atoms with Crippen molar-refractivity contribution in [2.24, 2.45) is 0 Å². The molecule has 0 N–H and O–H groups in total. The fourth-order valence-electron chi connectivity index (χ4n) is 0.336. The average Bonchev–Trinajstić information content (AvgIpc) is 2.14. The molecule has 0 aliphatic carbocycles.